The van der Waals surface area contributed by atoms with Gasteiger partial charge in [-0.15, -0.1) is 0 Å². The van der Waals surface area contributed by atoms with E-state index in [0.717, 1.165) is 4.90 Å². The van der Waals surface area contributed by atoms with Gasteiger partial charge in [-0.3, -0.25) is 20.0 Å². The third kappa shape index (κ3) is 2.90. The molecule has 1 fully saturated rings. The number of carbonyl (C=O) groups is 2. The average molecular weight is 362 g/mol. The van der Waals surface area contributed by atoms with Gasteiger partial charge in [-0.05, 0) is 12.1 Å². The molecule has 22 heavy (non-hydrogen) atoms. The predicted octanol–water partition coefficient (Wildman–Crippen LogP) is 3.45. The van der Waals surface area contributed by atoms with Crippen molar-refractivity contribution < 1.29 is 9.59 Å². The van der Waals surface area contributed by atoms with Crippen LogP contribution in [0.15, 0.2) is 29.5 Å². The predicted molar refractivity (Wildman–Crippen MR) is 87.6 cm³/mol. The van der Waals surface area contributed by atoms with Gasteiger partial charge < -0.3 is 0 Å². The smallest absolute Gasteiger partial charge is 0.295 e. The summed E-state index contributed by atoms with van der Waals surface area (Å²) < 4.78 is 0. The number of hydrogen-bond acceptors (Lipinski definition) is 4. The van der Waals surface area contributed by atoms with Crippen LogP contribution in [0.5, 0.6) is 0 Å². The summed E-state index contributed by atoms with van der Waals surface area (Å²) >= 11 is 17.8. The van der Waals surface area contributed by atoms with Crippen molar-refractivity contribution in [1.29, 1.82) is 0 Å². The second-order valence-electron chi connectivity index (χ2n) is 4.47. The summed E-state index contributed by atoms with van der Waals surface area (Å²) in [6, 6.07) is 2.44. The first kappa shape index (κ1) is 16.6. The normalized spacial score (nSPS) is 17.5. The lowest BCUT2D eigenvalue weighted by Crippen LogP contribution is -2.52. The zero-order valence-electron chi connectivity index (χ0n) is 11.7. The summed E-state index contributed by atoms with van der Waals surface area (Å²) in [7, 11) is 2.85. The molecule has 1 heterocycles. The van der Waals surface area contributed by atoms with Crippen LogP contribution in [0, 0.1) is 0 Å². The number of nitrogens with zero attached hydrogens (tertiary/aromatic N) is 3. The minimum atomic E-state index is -0.572. The number of hydrazone groups is 1. The lowest BCUT2D eigenvalue weighted by atomic mass is 10.2. The summed E-state index contributed by atoms with van der Waals surface area (Å²) in [6.45, 7) is 3.68. The van der Waals surface area contributed by atoms with Crippen LogP contribution >= 0.6 is 34.8 Å². The van der Waals surface area contributed by atoms with Gasteiger partial charge >= 0.3 is 6.03 Å². The highest BCUT2D eigenvalue weighted by atomic mass is 35.5. The highest BCUT2D eigenvalue weighted by Gasteiger charge is 2.35. The Morgan fingerprint density at radius 3 is 2.27 bits per heavy atom. The lowest BCUT2D eigenvalue weighted by Gasteiger charge is -2.31. The van der Waals surface area contributed by atoms with Gasteiger partial charge in [0.1, 0.15) is 0 Å². The largest absolute Gasteiger partial charge is 0.331 e. The van der Waals surface area contributed by atoms with Crippen LogP contribution in [0.2, 0.25) is 15.1 Å². The quantitative estimate of drug-likeness (QED) is 0.648. The van der Waals surface area contributed by atoms with Crippen LogP contribution in [0.4, 0.5) is 10.5 Å². The molecule has 1 aromatic carbocycles. The summed E-state index contributed by atoms with van der Waals surface area (Å²) in [5.41, 5.74) is 3.17. The number of halogens is 3. The first-order valence-corrected chi connectivity index (χ1v) is 7.10. The molecule has 0 saturated carbocycles. The first-order chi connectivity index (χ1) is 10.2. The minimum Gasteiger partial charge on any atom is -0.295 e. The summed E-state index contributed by atoms with van der Waals surface area (Å²) in [4.78, 5) is 26.0. The zero-order chi connectivity index (χ0) is 16.6. The monoisotopic (exact) mass is 360 g/mol. The van der Waals surface area contributed by atoms with Crippen molar-refractivity contribution in [2.45, 2.75) is 0 Å². The van der Waals surface area contributed by atoms with Crippen molar-refractivity contribution in [3.05, 3.63) is 39.5 Å². The van der Waals surface area contributed by atoms with E-state index >= 15 is 0 Å². The van der Waals surface area contributed by atoms with Gasteiger partial charge in [-0.2, -0.15) is 5.10 Å². The summed E-state index contributed by atoms with van der Waals surface area (Å²) in [5, 5.41) is 4.84. The van der Waals surface area contributed by atoms with Crippen molar-refractivity contribution in [3.8, 4) is 0 Å². The lowest BCUT2D eigenvalue weighted by molar-refractivity contribution is -0.121. The van der Waals surface area contributed by atoms with Crippen molar-refractivity contribution in [3.63, 3.8) is 0 Å². The van der Waals surface area contributed by atoms with Crippen LogP contribution in [-0.4, -0.2) is 41.5 Å². The van der Waals surface area contributed by atoms with Crippen LogP contribution in [0.1, 0.15) is 0 Å². The SMILES string of the molecule is C=C1/C(=N\Nc2cc(Cl)c(Cl)cc2Cl)C(=O)N(C)C(=O)N1C. The third-order valence-electron chi connectivity index (χ3n) is 3.06. The molecule has 0 radical (unpaired) electrons. The van der Waals surface area contributed by atoms with Crippen molar-refractivity contribution in [2.24, 2.45) is 5.10 Å². The van der Waals surface area contributed by atoms with E-state index in [1.54, 1.807) is 0 Å². The molecule has 1 aromatic rings. The van der Waals surface area contributed by atoms with Crippen molar-refractivity contribution in [2.75, 3.05) is 19.5 Å². The number of rotatable bonds is 2. The molecule has 3 amide bonds. The Labute approximate surface area is 141 Å². The van der Waals surface area contributed by atoms with Crippen molar-refractivity contribution in [1.82, 2.24) is 9.80 Å². The Morgan fingerprint density at radius 2 is 1.64 bits per heavy atom. The number of benzene rings is 1. The highest BCUT2D eigenvalue weighted by Crippen LogP contribution is 2.32. The number of anilines is 1. The second-order valence-corrected chi connectivity index (χ2v) is 5.69. The maximum absolute atomic E-state index is 12.1. The van der Waals surface area contributed by atoms with E-state index < -0.39 is 11.9 Å². The number of hydrogen-bond donors (Lipinski definition) is 1. The number of nitrogens with one attached hydrogen (secondary N) is 1. The molecule has 2 rings (SSSR count). The summed E-state index contributed by atoms with van der Waals surface area (Å²) in [6.07, 6.45) is 0. The van der Waals surface area contributed by atoms with E-state index in [4.69, 9.17) is 34.8 Å². The topological polar surface area (TPSA) is 65.0 Å². The average Bonchev–Trinajstić information content (AvgIpc) is 2.48. The molecule has 0 spiro atoms. The van der Waals surface area contributed by atoms with E-state index in [1.165, 1.54) is 31.1 Å². The van der Waals surface area contributed by atoms with E-state index in [-0.39, 0.29) is 21.5 Å². The van der Waals surface area contributed by atoms with Crippen LogP contribution in [0.25, 0.3) is 0 Å². The van der Waals surface area contributed by atoms with Crippen LogP contribution in [0.3, 0.4) is 0 Å². The van der Waals surface area contributed by atoms with Gasteiger partial charge in [0.15, 0.2) is 5.71 Å². The van der Waals surface area contributed by atoms with Crippen molar-refractivity contribution >= 4 is 58.1 Å². The molecule has 0 atom stereocenters. The number of amides is 3. The Kier molecular flexibility index (Phi) is 4.65. The minimum absolute atomic E-state index is 0.00765. The molecule has 0 unspecified atom stereocenters. The molecule has 0 aliphatic carbocycles. The fourth-order valence-corrected chi connectivity index (χ4v) is 2.29. The molecule has 1 N–H and O–H groups in total. The van der Waals surface area contributed by atoms with Gasteiger partial charge in [0, 0.05) is 14.1 Å². The van der Waals surface area contributed by atoms with E-state index in [9.17, 15) is 9.59 Å². The van der Waals surface area contributed by atoms with E-state index in [2.05, 4.69) is 17.1 Å². The Balaban J connectivity index is 2.33. The van der Waals surface area contributed by atoms with E-state index in [1.807, 2.05) is 0 Å². The fourth-order valence-electron chi connectivity index (χ4n) is 1.71. The fraction of sp³-hybridized carbons (Fsp3) is 0.154. The van der Waals surface area contributed by atoms with Gasteiger partial charge in [-0.1, -0.05) is 41.4 Å². The highest BCUT2D eigenvalue weighted by molar-refractivity contribution is 6.49. The number of urea groups is 1. The molecule has 0 aromatic heterocycles. The third-order valence-corrected chi connectivity index (χ3v) is 4.09. The van der Waals surface area contributed by atoms with Gasteiger partial charge in [0.2, 0.25) is 0 Å². The van der Waals surface area contributed by atoms with Gasteiger partial charge in [0.05, 0.1) is 26.5 Å². The second kappa shape index (κ2) is 6.16. The first-order valence-electron chi connectivity index (χ1n) is 5.97. The molecule has 1 aliphatic rings. The summed E-state index contributed by atoms with van der Waals surface area (Å²) in [5.74, 6) is -0.572. The van der Waals surface area contributed by atoms with Gasteiger partial charge in [0.25, 0.3) is 5.91 Å². The number of carbonyl (C=O) groups excluding carboxylic acids is 2. The Morgan fingerprint density at radius 1 is 1.05 bits per heavy atom. The molecule has 0 bridgehead atoms. The van der Waals surface area contributed by atoms with Crippen LogP contribution < -0.4 is 5.43 Å². The van der Waals surface area contributed by atoms with Crippen LogP contribution in [-0.2, 0) is 4.79 Å². The van der Waals surface area contributed by atoms with E-state index in [0.29, 0.717) is 10.7 Å². The zero-order valence-corrected chi connectivity index (χ0v) is 13.9. The molecular formula is C13H11Cl3N4O2. The molecular weight excluding hydrogens is 351 g/mol. The molecule has 1 aliphatic heterocycles. The Bertz CT molecular complexity index is 691. The standard InChI is InChI=1S/C13H11Cl3N4O2/c1-6-11(12(21)20(3)13(22)19(6)2)18-17-10-5-8(15)7(14)4-9(10)16/h4-5,17H,1H2,2-3H3/b18-11+. The maximum atomic E-state index is 12.1. The maximum Gasteiger partial charge on any atom is 0.331 e. The Hall–Kier alpha value is -1.76. The van der Waals surface area contributed by atoms with Gasteiger partial charge in [-0.25, -0.2) is 4.79 Å². The molecule has 116 valence electrons. The molecule has 1 saturated heterocycles. The molecule has 9 heteroatoms. The number of imide groups is 1. The molecule has 6 nitrogen and oxygen atoms in total.